The summed E-state index contributed by atoms with van der Waals surface area (Å²) in [7, 11) is 0. The third-order valence-electron chi connectivity index (χ3n) is 3.11. The Kier molecular flexibility index (Phi) is 3.13. The van der Waals surface area contributed by atoms with Crippen molar-refractivity contribution in [1.29, 1.82) is 0 Å². The molecule has 0 aliphatic heterocycles. The molecule has 0 radical (unpaired) electrons. The number of aromatic nitrogens is 3. The quantitative estimate of drug-likeness (QED) is 0.786. The number of halogens is 1. The van der Waals surface area contributed by atoms with Crippen molar-refractivity contribution in [3.63, 3.8) is 0 Å². The van der Waals surface area contributed by atoms with Crippen LogP contribution < -0.4 is 5.56 Å². The third kappa shape index (κ3) is 2.47. The Morgan fingerprint density at radius 3 is 2.57 bits per heavy atom. The van der Waals surface area contributed by atoms with E-state index in [-0.39, 0.29) is 17.3 Å². The molecule has 106 valence electrons. The Labute approximate surface area is 119 Å². The molecule has 2 heterocycles. The summed E-state index contributed by atoms with van der Waals surface area (Å²) in [5.74, 6) is 0.116. The highest BCUT2D eigenvalue weighted by molar-refractivity contribution is 5.61. The van der Waals surface area contributed by atoms with Crippen LogP contribution in [0.5, 0.6) is 0 Å². The van der Waals surface area contributed by atoms with Crippen molar-refractivity contribution in [1.82, 2.24) is 15.1 Å². The summed E-state index contributed by atoms with van der Waals surface area (Å²) in [4.78, 5) is 18.9. The van der Waals surface area contributed by atoms with Crippen LogP contribution in [0, 0.1) is 19.7 Å². The van der Waals surface area contributed by atoms with E-state index in [4.69, 9.17) is 4.52 Å². The zero-order valence-corrected chi connectivity index (χ0v) is 11.5. The average molecular weight is 285 g/mol. The number of H-pyrrole nitrogens is 1. The minimum Gasteiger partial charge on any atom is -0.333 e. The molecule has 3 rings (SSSR count). The number of hydrogen-bond acceptors (Lipinski definition) is 4. The van der Waals surface area contributed by atoms with Gasteiger partial charge in [-0.15, -0.1) is 0 Å². The summed E-state index contributed by atoms with van der Waals surface area (Å²) in [6.45, 7) is 3.61. The zero-order chi connectivity index (χ0) is 15.0. The zero-order valence-electron chi connectivity index (χ0n) is 11.5. The van der Waals surface area contributed by atoms with Crippen LogP contribution >= 0.6 is 0 Å². The molecule has 0 saturated carbocycles. The fourth-order valence-corrected chi connectivity index (χ4v) is 2.16. The lowest BCUT2D eigenvalue weighted by atomic mass is 10.1. The van der Waals surface area contributed by atoms with Crippen LogP contribution in [0.4, 0.5) is 4.39 Å². The molecular formula is C15H12FN3O2. The van der Waals surface area contributed by atoms with Gasteiger partial charge in [0.25, 0.3) is 11.4 Å². The summed E-state index contributed by atoms with van der Waals surface area (Å²) in [5.41, 5.74) is 2.21. The molecule has 0 atom stereocenters. The molecular weight excluding hydrogens is 273 g/mol. The normalized spacial score (nSPS) is 10.8. The summed E-state index contributed by atoms with van der Waals surface area (Å²) in [6.07, 6.45) is 0. The van der Waals surface area contributed by atoms with Gasteiger partial charge in [-0.3, -0.25) is 4.79 Å². The lowest BCUT2D eigenvalue weighted by Gasteiger charge is -2.00. The van der Waals surface area contributed by atoms with Crippen molar-refractivity contribution in [3.05, 3.63) is 57.8 Å². The van der Waals surface area contributed by atoms with E-state index in [1.54, 1.807) is 26.0 Å². The maximum absolute atomic E-state index is 12.9. The predicted octanol–water partition coefficient (Wildman–Crippen LogP) is 2.85. The van der Waals surface area contributed by atoms with Gasteiger partial charge in [-0.2, -0.15) is 4.98 Å². The first-order chi connectivity index (χ1) is 10.0. The second-order valence-electron chi connectivity index (χ2n) is 4.77. The molecule has 0 aliphatic rings. The van der Waals surface area contributed by atoms with Crippen molar-refractivity contribution >= 4 is 0 Å². The van der Waals surface area contributed by atoms with E-state index >= 15 is 0 Å². The summed E-state index contributed by atoms with van der Waals surface area (Å²) in [5, 5.41) is 3.84. The van der Waals surface area contributed by atoms with Gasteiger partial charge in [0.1, 0.15) is 11.4 Å². The molecule has 6 heteroatoms. The molecule has 3 aromatic rings. The van der Waals surface area contributed by atoms with Gasteiger partial charge in [0.15, 0.2) is 0 Å². The van der Waals surface area contributed by atoms with Gasteiger partial charge in [-0.1, -0.05) is 5.16 Å². The van der Waals surface area contributed by atoms with E-state index in [1.165, 1.54) is 12.1 Å². The molecule has 2 aromatic heterocycles. The van der Waals surface area contributed by atoms with E-state index in [0.29, 0.717) is 17.0 Å². The van der Waals surface area contributed by atoms with Crippen LogP contribution in [0.2, 0.25) is 0 Å². The van der Waals surface area contributed by atoms with Crippen molar-refractivity contribution in [2.45, 2.75) is 13.8 Å². The third-order valence-corrected chi connectivity index (χ3v) is 3.11. The standard InChI is InChI=1S/C15H12FN3O2/c1-8-7-9(2)17-14(20)12(8)15-18-13(19-21-15)10-3-5-11(16)6-4-10/h3-7H,1-2H3,(H,17,20). The molecule has 5 nitrogen and oxygen atoms in total. The van der Waals surface area contributed by atoms with Gasteiger partial charge in [-0.05, 0) is 49.7 Å². The van der Waals surface area contributed by atoms with Gasteiger partial charge in [-0.25, -0.2) is 4.39 Å². The van der Waals surface area contributed by atoms with Gasteiger partial charge in [0.05, 0.1) is 0 Å². The van der Waals surface area contributed by atoms with Crippen molar-refractivity contribution < 1.29 is 8.91 Å². The summed E-state index contributed by atoms with van der Waals surface area (Å²) < 4.78 is 18.1. The Morgan fingerprint density at radius 2 is 1.90 bits per heavy atom. The molecule has 0 unspecified atom stereocenters. The fraction of sp³-hybridized carbons (Fsp3) is 0.133. The van der Waals surface area contributed by atoms with Crippen LogP contribution in [0.3, 0.4) is 0 Å². The Balaban J connectivity index is 2.07. The van der Waals surface area contributed by atoms with Crippen LogP contribution in [0.15, 0.2) is 39.6 Å². The maximum atomic E-state index is 12.9. The highest BCUT2D eigenvalue weighted by Crippen LogP contribution is 2.22. The first-order valence-electron chi connectivity index (χ1n) is 6.35. The lowest BCUT2D eigenvalue weighted by Crippen LogP contribution is -2.12. The number of aryl methyl sites for hydroxylation is 2. The number of pyridine rings is 1. The fourth-order valence-electron chi connectivity index (χ4n) is 2.16. The number of benzene rings is 1. The molecule has 1 N–H and O–H groups in total. The van der Waals surface area contributed by atoms with Crippen molar-refractivity contribution in [3.8, 4) is 22.8 Å². The maximum Gasteiger partial charge on any atom is 0.264 e. The SMILES string of the molecule is Cc1cc(C)c(-c2nc(-c3ccc(F)cc3)no2)c(=O)[nH]1. The van der Waals surface area contributed by atoms with Gasteiger partial charge in [0, 0.05) is 11.3 Å². The Bertz CT molecular complexity index is 850. The molecule has 0 bridgehead atoms. The first-order valence-corrected chi connectivity index (χ1v) is 6.35. The molecule has 0 amide bonds. The monoisotopic (exact) mass is 285 g/mol. The van der Waals surface area contributed by atoms with E-state index in [1.807, 2.05) is 6.07 Å². The lowest BCUT2D eigenvalue weighted by molar-refractivity contribution is 0.431. The highest BCUT2D eigenvalue weighted by atomic mass is 19.1. The average Bonchev–Trinajstić information content (AvgIpc) is 2.87. The molecule has 1 aromatic carbocycles. The van der Waals surface area contributed by atoms with E-state index in [0.717, 1.165) is 11.3 Å². The van der Waals surface area contributed by atoms with Crippen molar-refractivity contribution in [2.24, 2.45) is 0 Å². The topological polar surface area (TPSA) is 71.8 Å². The minimum atomic E-state index is -0.340. The predicted molar refractivity (Wildman–Crippen MR) is 75.2 cm³/mol. The molecule has 21 heavy (non-hydrogen) atoms. The van der Waals surface area contributed by atoms with E-state index < -0.39 is 0 Å². The molecule has 0 fully saturated rings. The largest absolute Gasteiger partial charge is 0.333 e. The van der Waals surface area contributed by atoms with Gasteiger partial charge < -0.3 is 9.51 Å². The number of hydrogen-bond donors (Lipinski definition) is 1. The van der Waals surface area contributed by atoms with Crippen LogP contribution in [-0.2, 0) is 0 Å². The minimum absolute atomic E-state index is 0.146. The Hall–Kier alpha value is -2.76. The highest BCUT2D eigenvalue weighted by Gasteiger charge is 2.16. The summed E-state index contributed by atoms with van der Waals surface area (Å²) >= 11 is 0. The smallest absolute Gasteiger partial charge is 0.264 e. The van der Waals surface area contributed by atoms with E-state index in [2.05, 4.69) is 15.1 Å². The van der Waals surface area contributed by atoms with Crippen molar-refractivity contribution in [2.75, 3.05) is 0 Å². The second kappa shape index (κ2) is 4.97. The molecule has 0 spiro atoms. The molecule has 0 aliphatic carbocycles. The number of nitrogens with zero attached hydrogens (tertiary/aromatic N) is 2. The van der Waals surface area contributed by atoms with Gasteiger partial charge >= 0.3 is 0 Å². The van der Waals surface area contributed by atoms with Gasteiger partial charge in [0.2, 0.25) is 5.82 Å². The Morgan fingerprint density at radius 1 is 1.19 bits per heavy atom. The summed E-state index contributed by atoms with van der Waals surface area (Å²) in [6, 6.07) is 7.56. The number of rotatable bonds is 2. The van der Waals surface area contributed by atoms with E-state index in [9.17, 15) is 9.18 Å². The van der Waals surface area contributed by atoms with Crippen LogP contribution in [0.1, 0.15) is 11.3 Å². The van der Waals surface area contributed by atoms with Crippen LogP contribution in [-0.4, -0.2) is 15.1 Å². The second-order valence-corrected chi connectivity index (χ2v) is 4.77. The molecule has 0 saturated heterocycles. The first kappa shape index (κ1) is 13.2. The number of aromatic amines is 1. The number of nitrogens with one attached hydrogen (secondary N) is 1. The van der Waals surface area contributed by atoms with Crippen LogP contribution in [0.25, 0.3) is 22.8 Å².